The molecule has 1 saturated heterocycles. The summed E-state index contributed by atoms with van der Waals surface area (Å²) in [4.78, 5) is 31.1. The minimum Gasteiger partial charge on any atom is -0.491 e. The number of hydrogen-bond donors (Lipinski definition) is 2. The monoisotopic (exact) mass is 397 g/mol. The van der Waals surface area contributed by atoms with Gasteiger partial charge in [0.05, 0.1) is 6.04 Å². The lowest BCUT2D eigenvalue weighted by molar-refractivity contribution is 0.210. The number of anilines is 1. The van der Waals surface area contributed by atoms with Crippen LogP contribution in [0.5, 0.6) is 5.75 Å². The lowest BCUT2D eigenvalue weighted by Crippen LogP contribution is -2.52. The SMILES string of the molecule is CCn1ccnc(N2CCC(NC(=O)NC3COc4ccccc4C3)CC2)c1=O. The van der Waals surface area contributed by atoms with Crippen LogP contribution in [-0.2, 0) is 13.0 Å². The second-order valence-electron chi connectivity index (χ2n) is 7.54. The number of amides is 2. The Morgan fingerprint density at radius 1 is 1.21 bits per heavy atom. The third-order valence-corrected chi connectivity index (χ3v) is 5.58. The van der Waals surface area contributed by atoms with Crippen LogP contribution >= 0.6 is 0 Å². The Morgan fingerprint density at radius 2 is 1.97 bits per heavy atom. The molecule has 8 nitrogen and oxygen atoms in total. The molecule has 0 bridgehead atoms. The molecule has 0 saturated carbocycles. The number of carbonyl (C=O) groups excluding carboxylic acids is 1. The summed E-state index contributed by atoms with van der Waals surface area (Å²) in [5.41, 5.74) is 1.06. The lowest BCUT2D eigenvalue weighted by Gasteiger charge is -2.33. The smallest absolute Gasteiger partial charge is 0.315 e. The lowest BCUT2D eigenvalue weighted by atomic mass is 10.0. The summed E-state index contributed by atoms with van der Waals surface area (Å²) in [5.74, 6) is 1.39. The maximum atomic E-state index is 12.4. The number of rotatable bonds is 4. The molecule has 2 amide bonds. The number of nitrogens with one attached hydrogen (secondary N) is 2. The molecule has 1 aromatic carbocycles. The van der Waals surface area contributed by atoms with E-state index in [-0.39, 0.29) is 23.7 Å². The van der Waals surface area contributed by atoms with E-state index in [0.29, 0.717) is 32.1 Å². The number of urea groups is 1. The van der Waals surface area contributed by atoms with Crippen LogP contribution in [0.1, 0.15) is 25.3 Å². The number of aryl methyl sites for hydroxylation is 1. The topological polar surface area (TPSA) is 88.5 Å². The van der Waals surface area contributed by atoms with E-state index in [1.807, 2.05) is 36.1 Å². The van der Waals surface area contributed by atoms with Gasteiger partial charge in [-0.2, -0.15) is 0 Å². The van der Waals surface area contributed by atoms with E-state index in [4.69, 9.17) is 4.74 Å². The summed E-state index contributed by atoms with van der Waals surface area (Å²) in [5, 5.41) is 6.08. The van der Waals surface area contributed by atoms with Crippen LogP contribution < -0.4 is 25.8 Å². The van der Waals surface area contributed by atoms with Gasteiger partial charge < -0.3 is 24.8 Å². The number of para-hydroxylation sites is 1. The zero-order chi connectivity index (χ0) is 20.2. The summed E-state index contributed by atoms with van der Waals surface area (Å²) in [6.45, 7) is 4.44. The first-order valence-corrected chi connectivity index (χ1v) is 10.2. The molecule has 2 aromatic rings. The molecule has 154 valence electrons. The molecular formula is C21H27N5O3. The van der Waals surface area contributed by atoms with Crippen LogP contribution in [0.3, 0.4) is 0 Å². The predicted octanol–water partition coefficient (Wildman–Crippen LogP) is 1.53. The fourth-order valence-electron chi connectivity index (χ4n) is 3.97. The second kappa shape index (κ2) is 8.55. The van der Waals surface area contributed by atoms with Gasteiger partial charge >= 0.3 is 6.03 Å². The Kier molecular flexibility index (Phi) is 5.69. The van der Waals surface area contributed by atoms with Gasteiger partial charge in [0.25, 0.3) is 5.56 Å². The normalized spacial score (nSPS) is 19.2. The molecule has 1 fully saturated rings. The molecule has 1 aromatic heterocycles. The molecule has 0 aliphatic carbocycles. The molecule has 2 aliphatic heterocycles. The first kappa shape index (κ1) is 19.3. The highest BCUT2D eigenvalue weighted by atomic mass is 16.5. The van der Waals surface area contributed by atoms with Gasteiger partial charge in [-0.05, 0) is 37.8 Å². The fraction of sp³-hybridized carbons (Fsp3) is 0.476. The maximum absolute atomic E-state index is 12.4. The van der Waals surface area contributed by atoms with Crippen LogP contribution in [0, 0.1) is 0 Å². The number of hydrogen-bond acceptors (Lipinski definition) is 5. The highest BCUT2D eigenvalue weighted by Gasteiger charge is 2.25. The molecule has 1 atom stereocenters. The zero-order valence-corrected chi connectivity index (χ0v) is 16.6. The zero-order valence-electron chi connectivity index (χ0n) is 16.6. The van der Waals surface area contributed by atoms with E-state index in [0.717, 1.165) is 30.6 Å². The van der Waals surface area contributed by atoms with Crippen molar-refractivity contribution in [3.63, 3.8) is 0 Å². The molecule has 2 aliphatic rings. The van der Waals surface area contributed by atoms with Gasteiger partial charge in [-0.25, -0.2) is 9.78 Å². The van der Waals surface area contributed by atoms with E-state index < -0.39 is 0 Å². The van der Waals surface area contributed by atoms with Crippen molar-refractivity contribution in [3.05, 3.63) is 52.6 Å². The number of aromatic nitrogens is 2. The highest BCUT2D eigenvalue weighted by molar-refractivity contribution is 5.74. The summed E-state index contributed by atoms with van der Waals surface area (Å²) in [6, 6.07) is 7.80. The molecule has 29 heavy (non-hydrogen) atoms. The Bertz CT molecular complexity index is 921. The van der Waals surface area contributed by atoms with E-state index >= 15 is 0 Å². The number of fused-ring (bicyclic) bond motifs is 1. The van der Waals surface area contributed by atoms with Crippen molar-refractivity contribution in [2.45, 2.75) is 44.8 Å². The van der Waals surface area contributed by atoms with Crippen molar-refractivity contribution in [2.24, 2.45) is 0 Å². The van der Waals surface area contributed by atoms with Crippen molar-refractivity contribution in [1.82, 2.24) is 20.2 Å². The van der Waals surface area contributed by atoms with Gasteiger partial charge in [-0.1, -0.05) is 18.2 Å². The average Bonchev–Trinajstić information content (AvgIpc) is 2.74. The largest absolute Gasteiger partial charge is 0.491 e. The third-order valence-electron chi connectivity index (χ3n) is 5.58. The summed E-state index contributed by atoms with van der Waals surface area (Å²) in [6.07, 6.45) is 5.70. The minimum absolute atomic E-state index is 0.0361. The van der Waals surface area contributed by atoms with Gasteiger partial charge in [0, 0.05) is 38.1 Å². The first-order chi connectivity index (χ1) is 14.1. The van der Waals surface area contributed by atoms with E-state index in [2.05, 4.69) is 15.6 Å². The minimum atomic E-state index is -0.164. The predicted molar refractivity (Wildman–Crippen MR) is 111 cm³/mol. The van der Waals surface area contributed by atoms with Gasteiger partial charge in [0.1, 0.15) is 12.4 Å². The van der Waals surface area contributed by atoms with Gasteiger partial charge in [-0.3, -0.25) is 4.79 Å². The Hall–Kier alpha value is -3.03. The number of nitrogens with zero attached hydrogens (tertiary/aromatic N) is 3. The quantitative estimate of drug-likeness (QED) is 0.817. The molecular weight excluding hydrogens is 370 g/mol. The van der Waals surface area contributed by atoms with Crippen molar-refractivity contribution < 1.29 is 9.53 Å². The third kappa shape index (κ3) is 4.36. The van der Waals surface area contributed by atoms with Crippen LogP contribution in [0.25, 0.3) is 0 Å². The molecule has 0 radical (unpaired) electrons. The van der Waals surface area contributed by atoms with Crippen LogP contribution in [0.15, 0.2) is 41.5 Å². The average molecular weight is 397 g/mol. The number of benzene rings is 1. The standard InChI is InChI=1S/C21H27N5O3/c1-2-25-12-9-22-19(20(25)27)26-10-7-16(8-11-26)23-21(28)24-17-13-15-5-3-4-6-18(15)29-14-17/h3-6,9,12,16-17H,2,7-8,10-11,13-14H2,1H3,(H2,23,24,28). The van der Waals surface area contributed by atoms with Crippen molar-refractivity contribution >= 4 is 11.8 Å². The summed E-state index contributed by atoms with van der Waals surface area (Å²) in [7, 11) is 0. The molecule has 0 spiro atoms. The van der Waals surface area contributed by atoms with Crippen LogP contribution in [-0.4, -0.2) is 47.4 Å². The van der Waals surface area contributed by atoms with Crippen molar-refractivity contribution in [3.8, 4) is 5.75 Å². The number of ether oxygens (including phenoxy) is 1. The van der Waals surface area contributed by atoms with E-state index in [1.54, 1.807) is 17.0 Å². The van der Waals surface area contributed by atoms with Crippen molar-refractivity contribution in [2.75, 3.05) is 24.6 Å². The molecule has 4 rings (SSSR count). The van der Waals surface area contributed by atoms with Gasteiger partial charge in [-0.15, -0.1) is 0 Å². The molecule has 1 unspecified atom stereocenters. The van der Waals surface area contributed by atoms with Crippen molar-refractivity contribution in [1.29, 1.82) is 0 Å². The Morgan fingerprint density at radius 3 is 2.76 bits per heavy atom. The Balaban J connectivity index is 1.27. The van der Waals surface area contributed by atoms with Crippen LogP contribution in [0.2, 0.25) is 0 Å². The first-order valence-electron chi connectivity index (χ1n) is 10.2. The van der Waals surface area contributed by atoms with E-state index in [9.17, 15) is 9.59 Å². The second-order valence-corrected chi connectivity index (χ2v) is 7.54. The van der Waals surface area contributed by atoms with Gasteiger partial charge in [0.15, 0.2) is 5.82 Å². The highest BCUT2D eigenvalue weighted by Crippen LogP contribution is 2.23. The Labute approximate surface area is 169 Å². The van der Waals surface area contributed by atoms with E-state index in [1.165, 1.54) is 0 Å². The summed E-state index contributed by atoms with van der Waals surface area (Å²) >= 11 is 0. The number of carbonyl (C=O) groups is 1. The summed E-state index contributed by atoms with van der Waals surface area (Å²) < 4.78 is 7.39. The fourth-order valence-corrected chi connectivity index (χ4v) is 3.97. The molecule has 8 heteroatoms. The molecule has 2 N–H and O–H groups in total. The van der Waals surface area contributed by atoms with Crippen LogP contribution in [0.4, 0.5) is 10.6 Å². The van der Waals surface area contributed by atoms with Gasteiger partial charge in [0.2, 0.25) is 0 Å². The molecule has 3 heterocycles. The maximum Gasteiger partial charge on any atom is 0.315 e. The number of piperidine rings is 1.